The summed E-state index contributed by atoms with van der Waals surface area (Å²) in [6.07, 6.45) is 3.24. The van der Waals surface area contributed by atoms with Crippen LogP contribution in [0.5, 0.6) is 0 Å². The summed E-state index contributed by atoms with van der Waals surface area (Å²) in [6.45, 7) is 3.74. The van der Waals surface area contributed by atoms with Crippen LogP contribution in [0.15, 0.2) is 65.1 Å². The van der Waals surface area contributed by atoms with Gasteiger partial charge in [0.2, 0.25) is 17.7 Å². The summed E-state index contributed by atoms with van der Waals surface area (Å²) in [5.74, 6) is -0.505. The highest BCUT2D eigenvalue weighted by Gasteiger charge is 2.47. The topological polar surface area (TPSA) is 153 Å². The van der Waals surface area contributed by atoms with Gasteiger partial charge in [0.05, 0.1) is 12.6 Å². The number of nitrogens with zero attached hydrogens (tertiary/aromatic N) is 4. The van der Waals surface area contributed by atoms with Crippen molar-refractivity contribution in [2.75, 3.05) is 20.6 Å². The third-order valence-electron chi connectivity index (χ3n) is 9.70. The van der Waals surface area contributed by atoms with E-state index < -0.39 is 17.3 Å². The number of carbonyl (C=O) groups is 3. The van der Waals surface area contributed by atoms with Crippen molar-refractivity contribution in [2.45, 2.75) is 69.5 Å². The minimum absolute atomic E-state index is 0.0232. The number of hydrogen-bond acceptors (Lipinski definition) is 8. The van der Waals surface area contributed by atoms with Gasteiger partial charge in [-0.25, -0.2) is 4.39 Å². The molecule has 2 atom stereocenters. The molecule has 1 heterocycles. The van der Waals surface area contributed by atoms with E-state index in [9.17, 15) is 24.0 Å². The lowest BCUT2D eigenvalue weighted by atomic mass is 9.68. The highest BCUT2D eigenvalue weighted by atomic mass is 19.1. The number of nitrogens with one attached hydrogen (secondary N) is 3. The van der Waals surface area contributed by atoms with E-state index in [1.807, 2.05) is 31.2 Å². The average molecular weight is 678 g/mol. The Balaban J connectivity index is 1.50. The maximum absolute atomic E-state index is 13.8. The molecule has 6 rings (SSSR count). The zero-order valence-corrected chi connectivity index (χ0v) is 28.5. The Bertz CT molecular complexity index is 1900. The largest absolute Gasteiger partial charge is 0.419 e. The first kappa shape index (κ1) is 34.5. The normalized spacial score (nSPS) is 15.8. The quantitative estimate of drug-likeness (QED) is 0.213. The van der Waals surface area contributed by atoms with Crippen LogP contribution in [-0.2, 0) is 23.1 Å². The number of aromatic nitrogens is 2. The zero-order chi connectivity index (χ0) is 35.6. The van der Waals surface area contributed by atoms with Crippen molar-refractivity contribution in [1.82, 2.24) is 31.0 Å². The molecule has 3 aromatic carbocycles. The highest BCUT2D eigenvalue weighted by Crippen LogP contribution is 2.48. The molecule has 0 bridgehead atoms. The number of aryl methyl sites for hydroxylation is 2. The summed E-state index contributed by atoms with van der Waals surface area (Å²) in [6, 6.07) is 18.4. The van der Waals surface area contributed by atoms with Crippen LogP contribution in [0.3, 0.4) is 0 Å². The predicted molar refractivity (Wildman–Crippen MR) is 184 cm³/mol. The summed E-state index contributed by atoms with van der Waals surface area (Å²) in [5, 5.41) is 27.4. The number of benzene rings is 3. The van der Waals surface area contributed by atoms with Gasteiger partial charge in [-0.2, -0.15) is 5.26 Å². The molecule has 0 spiro atoms. The number of nitriles is 1. The maximum Gasteiger partial charge on any atom is 0.251 e. The van der Waals surface area contributed by atoms with Crippen molar-refractivity contribution in [3.63, 3.8) is 0 Å². The van der Waals surface area contributed by atoms with Gasteiger partial charge in [-0.15, -0.1) is 10.2 Å². The van der Waals surface area contributed by atoms with E-state index in [0.29, 0.717) is 36.0 Å². The van der Waals surface area contributed by atoms with Crippen LogP contribution in [0, 0.1) is 17.1 Å². The minimum atomic E-state index is -1.10. The second-order valence-electron chi connectivity index (χ2n) is 13.1. The van der Waals surface area contributed by atoms with Crippen LogP contribution in [0.1, 0.15) is 82.0 Å². The first-order valence-electron chi connectivity index (χ1n) is 16.8. The fraction of sp³-hybridized carbons (Fsp3) is 0.368. The fourth-order valence-electron chi connectivity index (χ4n) is 7.10. The van der Waals surface area contributed by atoms with Gasteiger partial charge in [0.25, 0.3) is 11.8 Å². The zero-order valence-electron chi connectivity index (χ0n) is 28.5. The van der Waals surface area contributed by atoms with Crippen molar-refractivity contribution in [3.05, 3.63) is 106 Å². The first-order valence-corrected chi connectivity index (χ1v) is 16.8. The Labute approximate surface area is 290 Å². The second-order valence-corrected chi connectivity index (χ2v) is 13.1. The minimum Gasteiger partial charge on any atom is -0.419 e. The molecule has 1 saturated carbocycles. The van der Waals surface area contributed by atoms with E-state index in [2.05, 4.69) is 32.2 Å². The number of carbonyl (C=O) groups excluding carboxylic acids is 3. The summed E-state index contributed by atoms with van der Waals surface area (Å²) in [5.41, 5.74) is 3.94. The monoisotopic (exact) mass is 677 g/mol. The summed E-state index contributed by atoms with van der Waals surface area (Å²) in [7, 11) is 3.17. The molecule has 1 aromatic heterocycles. The second kappa shape index (κ2) is 14.2. The van der Waals surface area contributed by atoms with Gasteiger partial charge in [0.1, 0.15) is 17.3 Å². The molecular weight excluding hydrogens is 637 g/mol. The number of rotatable bonds is 11. The number of halogens is 1. The molecule has 1 unspecified atom stereocenters. The van der Waals surface area contributed by atoms with E-state index in [0.717, 1.165) is 35.1 Å². The molecule has 258 valence electrons. The van der Waals surface area contributed by atoms with Gasteiger partial charge in [-0.05, 0) is 117 Å². The number of hydrogen-bond donors (Lipinski definition) is 3. The van der Waals surface area contributed by atoms with Gasteiger partial charge < -0.3 is 25.3 Å². The van der Waals surface area contributed by atoms with E-state index in [4.69, 9.17) is 4.42 Å². The Morgan fingerprint density at radius 1 is 0.940 bits per heavy atom. The molecule has 3 N–H and O–H groups in total. The van der Waals surface area contributed by atoms with Crippen LogP contribution < -0.4 is 16.0 Å². The molecule has 0 radical (unpaired) electrons. The van der Waals surface area contributed by atoms with Crippen LogP contribution >= 0.6 is 0 Å². The van der Waals surface area contributed by atoms with E-state index in [-0.39, 0.29) is 48.1 Å². The molecule has 11 nitrogen and oxygen atoms in total. The van der Waals surface area contributed by atoms with Gasteiger partial charge in [-0.1, -0.05) is 12.1 Å². The summed E-state index contributed by atoms with van der Waals surface area (Å²) < 4.78 is 20.4. The molecule has 1 fully saturated rings. The van der Waals surface area contributed by atoms with Crippen LogP contribution in [0.2, 0.25) is 0 Å². The number of amides is 3. The molecule has 2 aliphatic rings. The van der Waals surface area contributed by atoms with E-state index in [1.54, 1.807) is 50.2 Å². The van der Waals surface area contributed by atoms with Crippen LogP contribution in [0.25, 0.3) is 11.5 Å². The molecule has 12 heteroatoms. The molecule has 3 amide bonds. The number of fused-ring (bicyclic) bond motifs is 2. The predicted octanol–water partition coefficient (Wildman–Crippen LogP) is 4.30. The summed E-state index contributed by atoms with van der Waals surface area (Å²) >= 11 is 0. The molecule has 4 aromatic rings. The van der Waals surface area contributed by atoms with Crippen molar-refractivity contribution >= 4 is 17.7 Å². The third-order valence-corrected chi connectivity index (χ3v) is 9.70. The smallest absolute Gasteiger partial charge is 0.251 e. The lowest BCUT2D eigenvalue weighted by Gasteiger charge is -2.36. The molecule has 2 aliphatic carbocycles. The lowest BCUT2D eigenvalue weighted by Crippen LogP contribution is -2.47. The van der Waals surface area contributed by atoms with Crippen LogP contribution in [0.4, 0.5) is 4.39 Å². The van der Waals surface area contributed by atoms with E-state index in [1.165, 1.54) is 12.1 Å². The van der Waals surface area contributed by atoms with Crippen molar-refractivity contribution in [1.29, 1.82) is 5.26 Å². The standard InChI is InChI=1S/C38H40FN7O4/c1-22(43-21-33(47)46(23(2)20-40)30-13-14-30)19-38(37-45-44-36(50-37)24-7-11-29(39)12-8-24)31-15-9-27(34(48)41-3)17-25(31)5-6-26-18-28(35(49)42-4)10-16-32(26)38/h7-12,15-18,22-23,30,43H,5-6,13-14,19,21H2,1-4H3,(H,41,48)(H,42,49)/t22-,23?/m1/s1. The maximum atomic E-state index is 13.8. The van der Waals surface area contributed by atoms with Gasteiger partial charge in [0, 0.05) is 42.9 Å². The molecule has 0 aliphatic heterocycles. The third kappa shape index (κ3) is 6.61. The van der Waals surface area contributed by atoms with Crippen molar-refractivity contribution in [2.24, 2.45) is 0 Å². The highest BCUT2D eigenvalue weighted by molar-refractivity contribution is 5.95. The molecule has 50 heavy (non-hydrogen) atoms. The van der Waals surface area contributed by atoms with E-state index >= 15 is 0 Å². The SMILES string of the molecule is CNC(=O)c1ccc2c(c1)CCc1cc(C(=O)NC)ccc1C2(C[C@@H](C)NCC(=O)N(C(C)C#N)C1CC1)c1nnc(-c2ccc(F)cc2)o1. The molecular formula is C38H40FN7O4. The fourth-order valence-corrected chi connectivity index (χ4v) is 7.10. The summed E-state index contributed by atoms with van der Waals surface area (Å²) in [4.78, 5) is 40.7. The van der Waals surface area contributed by atoms with Crippen molar-refractivity contribution in [3.8, 4) is 17.5 Å². The van der Waals surface area contributed by atoms with Crippen molar-refractivity contribution < 1.29 is 23.2 Å². The lowest BCUT2D eigenvalue weighted by molar-refractivity contribution is -0.132. The van der Waals surface area contributed by atoms with Crippen LogP contribution in [-0.4, -0.2) is 71.6 Å². The van der Waals surface area contributed by atoms with Gasteiger partial charge in [0.15, 0.2) is 0 Å². The first-order chi connectivity index (χ1) is 24.1. The average Bonchev–Trinajstić information content (AvgIpc) is 3.87. The Morgan fingerprint density at radius 3 is 2.04 bits per heavy atom. The Morgan fingerprint density at radius 2 is 1.52 bits per heavy atom. The Hall–Kier alpha value is -5.41. The van der Waals surface area contributed by atoms with Gasteiger partial charge in [-0.3, -0.25) is 14.4 Å². The Kier molecular flexibility index (Phi) is 9.79. The molecule has 0 saturated heterocycles. The van der Waals surface area contributed by atoms with Gasteiger partial charge >= 0.3 is 0 Å².